The maximum absolute atomic E-state index is 3.45. The summed E-state index contributed by atoms with van der Waals surface area (Å²) in [6, 6.07) is 24.1. The second-order valence-electron chi connectivity index (χ2n) is 7.43. The molecule has 24 heavy (non-hydrogen) atoms. The average Bonchev–Trinajstić information content (AvgIpc) is 2.60. The van der Waals surface area contributed by atoms with Gasteiger partial charge in [-0.25, -0.2) is 4.98 Å². The SMILES string of the molecule is CC(C)(C)c1ccc(-c2[nH+]ccc3c2ccc2ccccc23)cc1. The molecule has 118 valence electrons. The van der Waals surface area contributed by atoms with Gasteiger partial charge in [-0.3, -0.25) is 0 Å². The number of hydrogen-bond donors (Lipinski definition) is 0. The fourth-order valence-corrected chi connectivity index (χ4v) is 3.35. The molecular formula is C23H22N+. The van der Waals surface area contributed by atoms with Gasteiger partial charge in [0.25, 0.3) is 0 Å². The maximum Gasteiger partial charge on any atom is 0.218 e. The number of fused-ring (bicyclic) bond motifs is 3. The first-order chi connectivity index (χ1) is 11.5. The van der Waals surface area contributed by atoms with Gasteiger partial charge in [0.05, 0.1) is 5.39 Å². The van der Waals surface area contributed by atoms with E-state index in [1.807, 2.05) is 6.20 Å². The smallest absolute Gasteiger partial charge is 0.211 e. The zero-order valence-electron chi connectivity index (χ0n) is 14.4. The third-order valence-electron chi connectivity index (χ3n) is 4.76. The molecule has 0 fully saturated rings. The Balaban J connectivity index is 1.92. The van der Waals surface area contributed by atoms with Crippen molar-refractivity contribution >= 4 is 21.5 Å². The minimum Gasteiger partial charge on any atom is -0.211 e. The highest BCUT2D eigenvalue weighted by Crippen LogP contribution is 2.31. The fourth-order valence-electron chi connectivity index (χ4n) is 3.35. The summed E-state index contributed by atoms with van der Waals surface area (Å²) in [4.78, 5) is 3.45. The van der Waals surface area contributed by atoms with E-state index in [1.54, 1.807) is 0 Å². The number of pyridine rings is 1. The van der Waals surface area contributed by atoms with Crippen molar-refractivity contribution < 1.29 is 4.98 Å². The van der Waals surface area contributed by atoms with Gasteiger partial charge in [0.15, 0.2) is 6.20 Å². The number of aromatic amines is 1. The van der Waals surface area contributed by atoms with Gasteiger partial charge in [0.1, 0.15) is 0 Å². The molecule has 0 radical (unpaired) electrons. The largest absolute Gasteiger partial charge is 0.218 e. The molecule has 3 aromatic carbocycles. The lowest BCUT2D eigenvalue weighted by Gasteiger charge is -2.18. The Bertz CT molecular complexity index is 1020. The number of nitrogens with one attached hydrogen (secondary N) is 1. The van der Waals surface area contributed by atoms with Crippen molar-refractivity contribution in [2.24, 2.45) is 0 Å². The van der Waals surface area contributed by atoms with Crippen molar-refractivity contribution in [2.75, 3.05) is 0 Å². The van der Waals surface area contributed by atoms with Crippen LogP contribution in [-0.2, 0) is 5.41 Å². The van der Waals surface area contributed by atoms with Crippen LogP contribution >= 0.6 is 0 Å². The summed E-state index contributed by atoms with van der Waals surface area (Å²) in [6.45, 7) is 6.74. The van der Waals surface area contributed by atoms with Crippen molar-refractivity contribution in [3.63, 3.8) is 0 Å². The standard InChI is InChI=1S/C23H21N/c1-23(2,3)18-11-8-17(9-12-18)22-21-13-10-16-6-4-5-7-19(16)20(21)14-15-24-22/h4-15H,1-3H3/p+1. The van der Waals surface area contributed by atoms with E-state index in [4.69, 9.17) is 0 Å². The summed E-state index contributed by atoms with van der Waals surface area (Å²) >= 11 is 0. The molecule has 1 heterocycles. The summed E-state index contributed by atoms with van der Waals surface area (Å²) < 4.78 is 0. The van der Waals surface area contributed by atoms with Gasteiger partial charge >= 0.3 is 0 Å². The average molecular weight is 312 g/mol. The van der Waals surface area contributed by atoms with Crippen LogP contribution < -0.4 is 4.98 Å². The first-order valence-corrected chi connectivity index (χ1v) is 8.47. The van der Waals surface area contributed by atoms with E-state index in [-0.39, 0.29) is 5.41 Å². The molecule has 0 atom stereocenters. The minimum absolute atomic E-state index is 0.178. The van der Waals surface area contributed by atoms with E-state index in [9.17, 15) is 0 Å². The van der Waals surface area contributed by atoms with Crippen LogP contribution in [0.3, 0.4) is 0 Å². The normalized spacial score (nSPS) is 12.0. The van der Waals surface area contributed by atoms with Crippen LogP contribution in [0.2, 0.25) is 0 Å². The fraction of sp³-hybridized carbons (Fsp3) is 0.174. The van der Waals surface area contributed by atoms with E-state index in [2.05, 4.69) is 92.5 Å². The van der Waals surface area contributed by atoms with Crippen LogP contribution in [0.5, 0.6) is 0 Å². The van der Waals surface area contributed by atoms with Crippen LogP contribution in [0.15, 0.2) is 72.9 Å². The topological polar surface area (TPSA) is 14.1 Å². The molecule has 1 N–H and O–H groups in total. The Labute approximate surface area is 143 Å². The molecule has 0 spiro atoms. The number of hydrogen-bond acceptors (Lipinski definition) is 0. The Morgan fingerprint density at radius 1 is 0.667 bits per heavy atom. The Hall–Kier alpha value is -2.67. The molecule has 0 aliphatic carbocycles. The lowest BCUT2D eigenvalue weighted by atomic mass is 9.86. The van der Waals surface area contributed by atoms with E-state index >= 15 is 0 Å². The van der Waals surface area contributed by atoms with Gasteiger partial charge in [-0.05, 0) is 39.9 Å². The van der Waals surface area contributed by atoms with Crippen LogP contribution in [0, 0.1) is 0 Å². The highest BCUT2D eigenvalue weighted by Gasteiger charge is 2.16. The van der Waals surface area contributed by atoms with Gasteiger partial charge in [0.2, 0.25) is 5.69 Å². The van der Waals surface area contributed by atoms with Gasteiger partial charge in [-0.15, -0.1) is 0 Å². The lowest BCUT2D eigenvalue weighted by molar-refractivity contribution is -0.362. The van der Waals surface area contributed by atoms with Gasteiger partial charge in [0, 0.05) is 17.0 Å². The molecule has 0 bridgehead atoms. The molecule has 0 saturated heterocycles. The second kappa shape index (κ2) is 5.45. The molecule has 0 saturated carbocycles. The van der Waals surface area contributed by atoms with Crippen LogP contribution in [-0.4, -0.2) is 0 Å². The van der Waals surface area contributed by atoms with Crippen molar-refractivity contribution in [1.29, 1.82) is 0 Å². The lowest BCUT2D eigenvalue weighted by Crippen LogP contribution is -2.11. The Kier molecular flexibility index (Phi) is 3.38. The number of benzene rings is 3. The monoisotopic (exact) mass is 312 g/mol. The number of aromatic nitrogens is 1. The second-order valence-corrected chi connectivity index (χ2v) is 7.43. The number of rotatable bonds is 1. The molecule has 1 nitrogen and oxygen atoms in total. The summed E-state index contributed by atoms with van der Waals surface area (Å²) in [5, 5.41) is 5.14. The molecule has 0 unspecified atom stereocenters. The molecule has 4 aromatic rings. The zero-order valence-corrected chi connectivity index (χ0v) is 14.4. The van der Waals surface area contributed by atoms with Crippen LogP contribution in [0.25, 0.3) is 32.8 Å². The molecule has 4 rings (SSSR count). The predicted octanol–water partition coefficient (Wildman–Crippen LogP) is 5.77. The quantitative estimate of drug-likeness (QED) is 0.396. The Morgan fingerprint density at radius 3 is 2.17 bits per heavy atom. The molecule has 0 aliphatic heterocycles. The van der Waals surface area contributed by atoms with E-state index in [0.29, 0.717) is 0 Å². The maximum atomic E-state index is 3.45. The predicted molar refractivity (Wildman–Crippen MR) is 102 cm³/mol. The molecule has 1 aromatic heterocycles. The Morgan fingerprint density at radius 2 is 1.42 bits per heavy atom. The van der Waals surface area contributed by atoms with E-state index < -0.39 is 0 Å². The van der Waals surface area contributed by atoms with Gasteiger partial charge in [-0.2, -0.15) is 0 Å². The highest BCUT2D eigenvalue weighted by molar-refractivity contribution is 6.10. The zero-order chi connectivity index (χ0) is 16.7. The van der Waals surface area contributed by atoms with Crippen LogP contribution in [0.4, 0.5) is 0 Å². The summed E-state index contributed by atoms with van der Waals surface area (Å²) in [5.41, 5.74) is 3.94. The summed E-state index contributed by atoms with van der Waals surface area (Å²) in [6.07, 6.45) is 2.04. The molecule has 0 amide bonds. The van der Waals surface area contributed by atoms with Gasteiger partial charge in [-0.1, -0.05) is 63.2 Å². The summed E-state index contributed by atoms with van der Waals surface area (Å²) in [5.74, 6) is 0. The van der Waals surface area contributed by atoms with E-state index in [1.165, 1.54) is 38.4 Å². The van der Waals surface area contributed by atoms with Gasteiger partial charge < -0.3 is 0 Å². The van der Waals surface area contributed by atoms with Crippen molar-refractivity contribution in [3.8, 4) is 11.3 Å². The van der Waals surface area contributed by atoms with Crippen LogP contribution in [0.1, 0.15) is 26.3 Å². The minimum atomic E-state index is 0.178. The van der Waals surface area contributed by atoms with E-state index in [0.717, 1.165) is 0 Å². The van der Waals surface area contributed by atoms with Crippen molar-refractivity contribution in [3.05, 3.63) is 78.5 Å². The first-order valence-electron chi connectivity index (χ1n) is 8.47. The molecule has 0 aliphatic rings. The number of H-pyrrole nitrogens is 1. The highest BCUT2D eigenvalue weighted by atomic mass is 14.7. The summed E-state index contributed by atoms with van der Waals surface area (Å²) in [7, 11) is 0. The molecule has 1 heteroatoms. The molecular weight excluding hydrogens is 290 g/mol. The van der Waals surface area contributed by atoms with Crippen molar-refractivity contribution in [1.82, 2.24) is 0 Å². The van der Waals surface area contributed by atoms with Crippen molar-refractivity contribution in [2.45, 2.75) is 26.2 Å². The third-order valence-corrected chi connectivity index (χ3v) is 4.76. The first kappa shape index (κ1) is 14.9. The third kappa shape index (κ3) is 2.46.